The van der Waals surface area contributed by atoms with E-state index in [0.29, 0.717) is 12.1 Å². The van der Waals surface area contributed by atoms with Crippen LogP contribution in [0.5, 0.6) is 0 Å². The number of carboxylic acids is 1. The summed E-state index contributed by atoms with van der Waals surface area (Å²) in [5.74, 6) is -1.67. The number of hydrogen-bond donors (Lipinski definition) is 1. The second-order valence-corrected chi connectivity index (χ2v) is 6.42. The number of carboxylic acid groups (broad SMARTS) is 1. The molecule has 0 unspecified atom stereocenters. The Labute approximate surface area is 141 Å². The van der Waals surface area contributed by atoms with Gasteiger partial charge in [-0.1, -0.05) is 42.5 Å². The van der Waals surface area contributed by atoms with Gasteiger partial charge in [0.2, 0.25) is 0 Å². The standard InChI is InChI=1S/C20H21NO3/c1-13-7-6-10-16(14(13)2)19(22)21-11-17(18(12-21)20(23)24)15-8-4-3-5-9-15/h3-10,17-18H,11-12H2,1-2H3,(H,23,24)/t17-,18-/m0/s1. The maximum absolute atomic E-state index is 12.9. The summed E-state index contributed by atoms with van der Waals surface area (Å²) in [5, 5.41) is 9.58. The lowest BCUT2D eigenvalue weighted by Crippen LogP contribution is -2.30. The van der Waals surface area contributed by atoms with Crippen LogP contribution in [-0.2, 0) is 4.79 Å². The molecule has 124 valence electrons. The van der Waals surface area contributed by atoms with Crippen LogP contribution in [0.2, 0.25) is 0 Å². The Kier molecular flexibility index (Phi) is 4.38. The minimum absolute atomic E-state index is 0.0825. The fourth-order valence-electron chi connectivity index (χ4n) is 3.41. The van der Waals surface area contributed by atoms with Crippen molar-refractivity contribution in [1.82, 2.24) is 4.90 Å². The van der Waals surface area contributed by atoms with Crippen LogP contribution in [0.15, 0.2) is 48.5 Å². The highest BCUT2D eigenvalue weighted by atomic mass is 16.4. The van der Waals surface area contributed by atoms with Gasteiger partial charge >= 0.3 is 5.97 Å². The number of benzene rings is 2. The molecule has 0 radical (unpaired) electrons. The number of rotatable bonds is 3. The molecule has 1 heterocycles. The van der Waals surface area contributed by atoms with Crippen molar-refractivity contribution in [3.05, 3.63) is 70.8 Å². The van der Waals surface area contributed by atoms with Gasteiger partial charge in [-0.2, -0.15) is 0 Å². The van der Waals surface area contributed by atoms with Gasteiger partial charge in [-0.05, 0) is 36.6 Å². The highest BCUT2D eigenvalue weighted by molar-refractivity contribution is 5.96. The van der Waals surface area contributed by atoms with Gasteiger partial charge in [0.05, 0.1) is 5.92 Å². The molecule has 1 fully saturated rings. The lowest BCUT2D eigenvalue weighted by atomic mass is 9.89. The zero-order valence-electron chi connectivity index (χ0n) is 13.9. The molecule has 1 amide bonds. The van der Waals surface area contributed by atoms with E-state index in [-0.39, 0.29) is 18.4 Å². The van der Waals surface area contributed by atoms with E-state index in [0.717, 1.165) is 16.7 Å². The second-order valence-electron chi connectivity index (χ2n) is 6.42. The summed E-state index contributed by atoms with van der Waals surface area (Å²) < 4.78 is 0. The van der Waals surface area contributed by atoms with Gasteiger partial charge in [-0.25, -0.2) is 0 Å². The van der Waals surface area contributed by atoms with E-state index in [1.54, 1.807) is 4.90 Å². The van der Waals surface area contributed by atoms with E-state index < -0.39 is 11.9 Å². The smallest absolute Gasteiger partial charge is 0.308 e. The normalized spacial score (nSPS) is 20.2. The molecule has 3 rings (SSSR count). The molecule has 24 heavy (non-hydrogen) atoms. The summed E-state index contributed by atoms with van der Waals surface area (Å²) in [5.41, 5.74) is 3.65. The van der Waals surface area contributed by atoms with E-state index in [1.807, 2.05) is 62.4 Å². The number of carbonyl (C=O) groups is 2. The van der Waals surface area contributed by atoms with Gasteiger partial charge in [-0.15, -0.1) is 0 Å². The van der Waals surface area contributed by atoms with E-state index in [2.05, 4.69) is 0 Å². The van der Waals surface area contributed by atoms with Crippen molar-refractivity contribution in [1.29, 1.82) is 0 Å². The molecule has 2 aromatic rings. The summed E-state index contributed by atoms with van der Waals surface area (Å²) in [6.07, 6.45) is 0. The van der Waals surface area contributed by atoms with Gasteiger partial charge in [0.1, 0.15) is 0 Å². The fourth-order valence-corrected chi connectivity index (χ4v) is 3.41. The third kappa shape index (κ3) is 2.92. The largest absolute Gasteiger partial charge is 0.481 e. The lowest BCUT2D eigenvalue weighted by molar-refractivity contribution is -0.141. The Bertz CT molecular complexity index is 770. The summed E-state index contributed by atoms with van der Waals surface area (Å²) in [4.78, 5) is 26.2. The van der Waals surface area contributed by atoms with E-state index >= 15 is 0 Å². The third-order valence-electron chi connectivity index (χ3n) is 4.99. The van der Waals surface area contributed by atoms with E-state index in [1.165, 1.54) is 0 Å². The molecule has 2 atom stereocenters. The predicted molar refractivity (Wildman–Crippen MR) is 92.1 cm³/mol. The first kappa shape index (κ1) is 16.2. The Balaban J connectivity index is 1.89. The van der Waals surface area contributed by atoms with Gasteiger partial charge in [-0.3, -0.25) is 9.59 Å². The van der Waals surface area contributed by atoms with Crippen molar-refractivity contribution in [3.8, 4) is 0 Å². The quantitative estimate of drug-likeness (QED) is 0.943. The average Bonchev–Trinajstić information content (AvgIpc) is 3.03. The Morgan fingerprint density at radius 3 is 2.38 bits per heavy atom. The zero-order chi connectivity index (χ0) is 17.3. The Morgan fingerprint density at radius 2 is 1.71 bits per heavy atom. The summed E-state index contributed by atoms with van der Waals surface area (Å²) in [6.45, 7) is 4.60. The van der Waals surface area contributed by atoms with Gasteiger partial charge < -0.3 is 10.0 Å². The average molecular weight is 323 g/mol. The summed E-state index contributed by atoms with van der Waals surface area (Å²) >= 11 is 0. The number of nitrogens with zero attached hydrogens (tertiary/aromatic N) is 1. The number of likely N-dealkylation sites (tertiary alicyclic amines) is 1. The van der Waals surface area contributed by atoms with Crippen LogP contribution in [0, 0.1) is 19.8 Å². The molecular formula is C20H21NO3. The molecule has 1 aliphatic heterocycles. The predicted octanol–water partition coefficient (Wildman–Crippen LogP) is 3.24. The monoisotopic (exact) mass is 323 g/mol. The van der Waals surface area contributed by atoms with E-state index in [9.17, 15) is 14.7 Å². The number of hydrogen-bond acceptors (Lipinski definition) is 2. The number of amides is 1. The molecule has 1 aliphatic rings. The number of aryl methyl sites for hydroxylation is 1. The minimum Gasteiger partial charge on any atom is -0.481 e. The minimum atomic E-state index is -0.847. The van der Waals surface area contributed by atoms with Crippen molar-refractivity contribution in [2.45, 2.75) is 19.8 Å². The molecular weight excluding hydrogens is 302 g/mol. The van der Waals surface area contributed by atoms with Crippen LogP contribution < -0.4 is 0 Å². The van der Waals surface area contributed by atoms with Crippen molar-refractivity contribution >= 4 is 11.9 Å². The van der Waals surface area contributed by atoms with Crippen LogP contribution in [-0.4, -0.2) is 35.0 Å². The SMILES string of the molecule is Cc1cccc(C(=O)N2C[C@H](C(=O)O)[C@H](c3ccccc3)C2)c1C. The first-order chi connectivity index (χ1) is 11.5. The first-order valence-electron chi connectivity index (χ1n) is 8.12. The van der Waals surface area contributed by atoms with Crippen molar-refractivity contribution in [3.63, 3.8) is 0 Å². The van der Waals surface area contributed by atoms with Crippen LogP contribution in [0.3, 0.4) is 0 Å². The van der Waals surface area contributed by atoms with Crippen LogP contribution in [0.1, 0.15) is 33.0 Å². The third-order valence-corrected chi connectivity index (χ3v) is 4.99. The number of aliphatic carboxylic acids is 1. The maximum Gasteiger partial charge on any atom is 0.308 e. The Hall–Kier alpha value is -2.62. The Morgan fingerprint density at radius 1 is 1.00 bits per heavy atom. The number of carbonyl (C=O) groups excluding carboxylic acids is 1. The molecule has 2 aromatic carbocycles. The highest BCUT2D eigenvalue weighted by Gasteiger charge is 2.40. The van der Waals surface area contributed by atoms with Crippen LogP contribution >= 0.6 is 0 Å². The molecule has 1 N–H and O–H groups in total. The molecule has 1 saturated heterocycles. The molecule has 4 heteroatoms. The van der Waals surface area contributed by atoms with Gasteiger partial charge in [0, 0.05) is 24.6 Å². The van der Waals surface area contributed by atoms with Crippen molar-refractivity contribution < 1.29 is 14.7 Å². The van der Waals surface area contributed by atoms with Crippen molar-refractivity contribution in [2.24, 2.45) is 5.92 Å². The fraction of sp³-hybridized carbons (Fsp3) is 0.300. The van der Waals surface area contributed by atoms with Gasteiger partial charge in [0.15, 0.2) is 0 Å². The van der Waals surface area contributed by atoms with Crippen LogP contribution in [0.25, 0.3) is 0 Å². The second kappa shape index (κ2) is 6.48. The summed E-state index contributed by atoms with van der Waals surface area (Å²) in [7, 11) is 0. The molecule has 0 aromatic heterocycles. The van der Waals surface area contributed by atoms with Gasteiger partial charge in [0.25, 0.3) is 5.91 Å². The molecule has 0 aliphatic carbocycles. The first-order valence-corrected chi connectivity index (χ1v) is 8.12. The van der Waals surface area contributed by atoms with E-state index in [4.69, 9.17) is 0 Å². The summed E-state index contributed by atoms with van der Waals surface area (Å²) in [6, 6.07) is 15.3. The zero-order valence-corrected chi connectivity index (χ0v) is 13.9. The lowest BCUT2D eigenvalue weighted by Gasteiger charge is -2.18. The maximum atomic E-state index is 12.9. The molecule has 4 nitrogen and oxygen atoms in total. The van der Waals surface area contributed by atoms with Crippen molar-refractivity contribution in [2.75, 3.05) is 13.1 Å². The highest BCUT2D eigenvalue weighted by Crippen LogP contribution is 2.34. The molecule has 0 bridgehead atoms. The molecule has 0 saturated carbocycles. The topological polar surface area (TPSA) is 57.6 Å². The van der Waals surface area contributed by atoms with Crippen LogP contribution in [0.4, 0.5) is 0 Å². The molecule has 0 spiro atoms.